The van der Waals surface area contributed by atoms with Crippen LogP contribution in [0.25, 0.3) is 0 Å². The fourth-order valence-corrected chi connectivity index (χ4v) is 4.85. The van der Waals surface area contributed by atoms with Gasteiger partial charge in [0.1, 0.15) is 5.75 Å². The average Bonchev–Trinajstić information content (AvgIpc) is 2.97. The Morgan fingerprint density at radius 2 is 1.49 bits per heavy atom. The van der Waals surface area contributed by atoms with E-state index in [9.17, 15) is 9.59 Å². The molecule has 0 aliphatic rings. The molecule has 39 heavy (non-hydrogen) atoms. The molecule has 1 unspecified atom stereocenters. The minimum absolute atomic E-state index is 0.0126. The molecule has 0 saturated carbocycles. The van der Waals surface area contributed by atoms with E-state index in [0.29, 0.717) is 25.3 Å². The van der Waals surface area contributed by atoms with E-state index in [1.165, 1.54) is 11.1 Å². The summed E-state index contributed by atoms with van der Waals surface area (Å²) < 4.78 is 12.8. The summed E-state index contributed by atoms with van der Waals surface area (Å²) in [4.78, 5) is 24.8. The quantitative estimate of drug-likeness (QED) is 0.143. The highest BCUT2D eigenvalue weighted by molar-refractivity contribution is 5.75. The van der Waals surface area contributed by atoms with Crippen LogP contribution in [0.1, 0.15) is 61.3 Å². The van der Waals surface area contributed by atoms with Crippen LogP contribution in [0.4, 0.5) is 0 Å². The van der Waals surface area contributed by atoms with Crippen LogP contribution in [0.2, 0.25) is 0 Å². The molecule has 1 aromatic heterocycles. The Morgan fingerprint density at radius 1 is 0.795 bits per heavy atom. The zero-order chi connectivity index (χ0) is 27.5. The maximum absolute atomic E-state index is 12.7. The molecule has 5 heteroatoms. The molecular weight excluding hydrogens is 486 g/mol. The lowest BCUT2D eigenvalue weighted by atomic mass is 9.86. The van der Waals surface area contributed by atoms with Crippen molar-refractivity contribution >= 4 is 5.97 Å². The summed E-state index contributed by atoms with van der Waals surface area (Å²) in [6.45, 7) is 4.69. The Morgan fingerprint density at radius 3 is 2.13 bits per heavy atom. The number of aromatic nitrogens is 1. The highest BCUT2D eigenvalue weighted by Gasteiger charge is 2.20. The lowest BCUT2D eigenvalue weighted by molar-refractivity contribution is -0.151. The van der Waals surface area contributed by atoms with Crippen LogP contribution in [-0.2, 0) is 22.5 Å². The lowest BCUT2D eigenvalue weighted by Gasteiger charge is -2.20. The molecule has 0 N–H and O–H groups in total. The van der Waals surface area contributed by atoms with Crippen LogP contribution < -0.4 is 10.3 Å². The molecule has 3 aromatic carbocycles. The fraction of sp³-hybridized carbons (Fsp3) is 0.294. The fourth-order valence-electron chi connectivity index (χ4n) is 4.85. The van der Waals surface area contributed by atoms with Crippen LogP contribution >= 0.6 is 0 Å². The van der Waals surface area contributed by atoms with E-state index in [1.807, 2.05) is 54.1 Å². The van der Waals surface area contributed by atoms with Crippen LogP contribution in [0.5, 0.6) is 5.75 Å². The second-order valence-corrected chi connectivity index (χ2v) is 9.62. The summed E-state index contributed by atoms with van der Waals surface area (Å²) in [5.74, 6) is 0.396. The van der Waals surface area contributed by atoms with Crippen LogP contribution in [-0.4, -0.2) is 23.2 Å². The molecule has 1 heterocycles. The van der Waals surface area contributed by atoms with Gasteiger partial charge in [-0.15, -0.1) is 0 Å². The molecule has 0 fully saturated rings. The third-order valence-corrected chi connectivity index (χ3v) is 6.82. The first-order valence-corrected chi connectivity index (χ1v) is 13.8. The maximum atomic E-state index is 12.7. The van der Waals surface area contributed by atoms with Gasteiger partial charge in [-0.25, -0.2) is 4.79 Å². The van der Waals surface area contributed by atoms with Crippen molar-refractivity contribution in [3.05, 3.63) is 136 Å². The van der Waals surface area contributed by atoms with Gasteiger partial charge < -0.3 is 14.0 Å². The second kappa shape index (κ2) is 14.1. The summed E-state index contributed by atoms with van der Waals surface area (Å²) in [5, 5.41) is 0. The molecule has 0 bridgehead atoms. The van der Waals surface area contributed by atoms with Gasteiger partial charge in [0.25, 0.3) is 5.56 Å². The van der Waals surface area contributed by atoms with E-state index in [-0.39, 0.29) is 17.4 Å². The number of pyridine rings is 1. The molecule has 4 aromatic rings. The van der Waals surface area contributed by atoms with Crippen LogP contribution in [0, 0.1) is 0 Å². The molecule has 4 rings (SSSR count). The summed E-state index contributed by atoms with van der Waals surface area (Å²) in [6, 6.07) is 32.3. The number of nitrogens with zero attached hydrogens (tertiary/aromatic N) is 1. The van der Waals surface area contributed by atoms with E-state index in [4.69, 9.17) is 9.47 Å². The van der Waals surface area contributed by atoms with Crippen molar-refractivity contribution in [1.82, 2.24) is 4.57 Å². The van der Waals surface area contributed by atoms with Gasteiger partial charge in [0, 0.05) is 24.7 Å². The smallest absolute Gasteiger partial charge is 0.347 e. The van der Waals surface area contributed by atoms with E-state index >= 15 is 0 Å². The molecule has 1 atom stereocenters. The van der Waals surface area contributed by atoms with E-state index in [2.05, 4.69) is 54.6 Å². The van der Waals surface area contributed by atoms with Crippen molar-refractivity contribution in [2.24, 2.45) is 0 Å². The summed E-state index contributed by atoms with van der Waals surface area (Å²) in [5.41, 5.74) is 4.65. The van der Waals surface area contributed by atoms with Crippen LogP contribution in [0.15, 0.2) is 108 Å². The Hall–Kier alpha value is -4.12. The molecule has 0 radical (unpaired) electrons. The van der Waals surface area contributed by atoms with E-state index in [0.717, 1.165) is 30.4 Å². The molecule has 0 aliphatic carbocycles. The number of carbonyl (C=O) groups excluding carboxylic acids is 1. The summed E-state index contributed by atoms with van der Waals surface area (Å²) in [6.07, 6.45) is 4.62. The number of hydrogen-bond acceptors (Lipinski definition) is 4. The number of benzene rings is 3. The molecular formula is C34H37NO4. The molecule has 0 aliphatic heterocycles. The van der Waals surface area contributed by atoms with Gasteiger partial charge in [-0.3, -0.25) is 4.79 Å². The second-order valence-electron chi connectivity index (χ2n) is 9.62. The molecule has 0 saturated heterocycles. The summed E-state index contributed by atoms with van der Waals surface area (Å²) in [7, 11) is 0. The number of rotatable bonds is 13. The standard InChI is InChI=1S/C34H37NO4/c1-3-31(34(37)38-4-2)39-30-20-13-15-26(24-30)14-11-12-23-35-25-29(21-22-32(35)36)33(27-16-7-5-8-17-27)28-18-9-6-10-19-28/h5-10,13,15-22,24-25,31,33H,3-4,11-12,14,23H2,1-2H3. The van der Waals surface area contributed by atoms with Gasteiger partial charge in [-0.1, -0.05) is 85.8 Å². The van der Waals surface area contributed by atoms with Crippen molar-refractivity contribution in [2.75, 3.05) is 6.61 Å². The summed E-state index contributed by atoms with van der Waals surface area (Å²) >= 11 is 0. The third-order valence-electron chi connectivity index (χ3n) is 6.82. The molecule has 0 amide bonds. The number of esters is 1. The third kappa shape index (κ3) is 7.70. The van der Waals surface area contributed by atoms with Crippen molar-refractivity contribution in [2.45, 2.75) is 58.1 Å². The van der Waals surface area contributed by atoms with Crippen molar-refractivity contribution in [3.63, 3.8) is 0 Å². The lowest BCUT2D eigenvalue weighted by Crippen LogP contribution is -2.28. The molecule has 0 spiro atoms. The number of aryl methyl sites for hydroxylation is 2. The zero-order valence-corrected chi connectivity index (χ0v) is 22.8. The predicted molar refractivity (Wildman–Crippen MR) is 155 cm³/mol. The Kier molecular flexibility index (Phi) is 10.1. The monoisotopic (exact) mass is 523 g/mol. The van der Waals surface area contributed by atoms with Gasteiger partial charge in [-0.2, -0.15) is 0 Å². The van der Waals surface area contributed by atoms with Gasteiger partial charge in [0.2, 0.25) is 0 Å². The van der Waals surface area contributed by atoms with E-state index in [1.54, 1.807) is 13.0 Å². The maximum Gasteiger partial charge on any atom is 0.347 e. The Balaban J connectivity index is 1.41. The van der Waals surface area contributed by atoms with Crippen LogP contribution in [0.3, 0.4) is 0 Å². The highest BCUT2D eigenvalue weighted by atomic mass is 16.6. The van der Waals surface area contributed by atoms with E-state index < -0.39 is 6.10 Å². The first kappa shape index (κ1) is 27.9. The van der Waals surface area contributed by atoms with Crippen molar-refractivity contribution in [1.29, 1.82) is 0 Å². The highest BCUT2D eigenvalue weighted by Crippen LogP contribution is 2.31. The normalized spacial score (nSPS) is 11.8. The van der Waals surface area contributed by atoms with Gasteiger partial charge in [0.05, 0.1) is 6.61 Å². The Bertz CT molecular complexity index is 1340. The number of hydrogen-bond donors (Lipinski definition) is 0. The largest absolute Gasteiger partial charge is 0.479 e. The molecule has 202 valence electrons. The number of unbranched alkanes of at least 4 members (excludes halogenated alkanes) is 1. The van der Waals surface area contributed by atoms with Gasteiger partial charge >= 0.3 is 5.97 Å². The van der Waals surface area contributed by atoms with Gasteiger partial charge in [0.15, 0.2) is 6.10 Å². The Labute approximate surface area is 231 Å². The minimum Gasteiger partial charge on any atom is -0.479 e. The van der Waals surface area contributed by atoms with Gasteiger partial charge in [-0.05, 0) is 67.0 Å². The number of carbonyl (C=O) groups is 1. The van der Waals surface area contributed by atoms with Crippen molar-refractivity contribution < 1.29 is 14.3 Å². The first-order chi connectivity index (χ1) is 19.1. The zero-order valence-electron chi connectivity index (χ0n) is 22.8. The first-order valence-electron chi connectivity index (χ1n) is 13.8. The number of ether oxygens (including phenoxy) is 2. The SMILES string of the molecule is CCOC(=O)C(CC)Oc1cccc(CCCCn2cc(C(c3ccccc3)c3ccccc3)ccc2=O)c1. The van der Waals surface area contributed by atoms with Crippen molar-refractivity contribution in [3.8, 4) is 5.75 Å². The molecule has 5 nitrogen and oxygen atoms in total. The average molecular weight is 524 g/mol. The predicted octanol–water partition coefficient (Wildman–Crippen LogP) is 6.77. The minimum atomic E-state index is -0.602. The topological polar surface area (TPSA) is 57.5 Å².